The maximum atomic E-state index is 11.4. The molecule has 76 valence electrons. The normalized spacial score (nSPS) is 26.4. The summed E-state index contributed by atoms with van der Waals surface area (Å²) in [6, 6.07) is 0. The van der Waals surface area contributed by atoms with Gasteiger partial charge in [0.05, 0.1) is 11.2 Å². The van der Waals surface area contributed by atoms with Crippen LogP contribution in [-0.4, -0.2) is 10.8 Å². The Morgan fingerprint density at radius 2 is 2.36 bits per heavy atom. The third-order valence-corrected chi connectivity index (χ3v) is 3.84. The van der Waals surface area contributed by atoms with Gasteiger partial charge >= 0.3 is 0 Å². The van der Waals surface area contributed by atoms with Crippen LogP contribution in [0.15, 0.2) is 10.9 Å². The van der Waals surface area contributed by atoms with Crippen LogP contribution < -0.4 is 0 Å². The largest absolute Gasteiger partial charge is 0.300 e. The summed E-state index contributed by atoms with van der Waals surface area (Å²) >= 11 is 1.61. The molecule has 1 atom stereocenters. The number of thiazole rings is 1. The second-order valence-electron chi connectivity index (χ2n) is 4.70. The molecule has 2 rings (SSSR count). The molecule has 3 heteroatoms. The Bertz CT molecular complexity index is 329. The molecule has 0 N–H and O–H groups in total. The lowest BCUT2D eigenvalue weighted by molar-refractivity contribution is -0.122. The molecule has 0 aromatic carbocycles. The molecule has 0 saturated heterocycles. The van der Waals surface area contributed by atoms with Crippen molar-refractivity contribution in [3.63, 3.8) is 0 Å². The van der Waals surface area contributed by atoms with Crippen molar-refractivity contribution >= 4 is 17.1 Å². The molecule has 14 heavy (non-hydrogen) atoms. The van der Waals surface area contributed by atoms with E-state index in [-0.39, 0.29) is 5.41 Å². The molecule has 1 saturated carbocycles. The van der Waals surface area contributed by atoms with Gasteiger partial charge in [-0.3, -0.25) is 4.79 Å². The number of aromatic nitrogens is 1. The van der Waals surface area contributed by atoms with Crippen molar-refractivity contribution in [3.05, 3.63) is 16.6 Å². The molecule has 1 fully saturated rings. The van der Waals surface area contributed by atoms with Crippen molar-refractivity contribution in [2.75, 3.05) is 0 Å². The van der Waals surface area contributed by atoms with Gasteiger partial charge in [-0.15, -0.1) is 11.3 Å². The molecule has 1 aromatic rings. The third kappa shape index (κ3) is 1.73. The van der Waals surface area contributed by atoms with Crippen LogP contribution in [0, 0.1) is 5.41 Å². The van der Waals surface area contributed by atoms with Crippen molar-refractivity contribution in [2.45, 2.75) is 39.0 Å². The maximum Gasteiger partial charge on any atom is 0.133 e. The number of carbonyl (C=O) groups is 1. The van der Waals surface area contributed by atoms with Crippen molar-refractivity contribution in [1.29, 1.82) is 0 Å². The van der Waals surface area contributed by atoms with Crippen LogP contribution in [0.2, 0.25) is 0 Å². The van der Waals surface area contributed by atoms with Crippen LogP contribution in [0.25, 0.3) is 0 Å². The highest BCUT2D eigenvalue weighted by Gasteiger charge is 2.37. The highest BCUT2D eigenvalue weighted by atomic mass is 32.1. The second-order valence-corrected chi connectivity index (χ2v) is 5.42. The predicted molar refractivity (Wildman–Crippen MR) is 57.5 cm³/mol. The Morgan fingerprint density at radius 3 is 3.00 bits per heavy atom. The van der Waals surface area contributed by atoms with E-state index in [0.717, 1.165) is 18.5 Å². The topological polar surface area (TPSA) is 30.0 Å². The first-order valence-electron chi connectivity index (χ1n) is 4.99. The number of nitrogens with zero attached hydrogens (tertiary/aromatic N) is 1. The highest BCUT2D eigenvalue weighted by molar-refractivity contribution is 7.07. The van der Waals surface area contributed by atoms with Gasteiger partial charge in [0, 0.05) is 24.1 Å². The highest BCUT2D eigenvalue weighted by Crippen LogP contribution is 2.45. The summed E-state index contributed by atoms with van der Waals surface area (Å²) in [6.07, 6.45) is 2.42. The molecule has 1 heterocycles. The summed E-state index contributed by atoms with van der Waals surface area (Å²) in [7, 11) is 0. The number of rotatable bonds is 1. The van der Waals surface area contributed by atoms with E-state index < -0.39 is 0 Å². The monoisotopic (exact) mass is 209 g/mol. The Morgan fingerprint density at radius 1 is 1.57 bits per heavy atom. The quantitative estimate of drug-likeness (QED) is 0.711. The minimum atomic E-state index is 0.224. The first-order chi connectivity index (χ1) is 6.59. The van der Waals surface area contributed by atoms with E-state index in [1.165, 1.54) is 0 Å². The van der Waals surface area contributed by atoms with Crippen molar-refractivity contribution in [2.24, 2.45) is 5.41 Å². The zero-order chi connectivity index (χ0) is 10.2. The van der Waals surface area contributed by atoms with E-state index in [1.54, 1.807) is 11.3 Å². The summed E-state index contributed by atoms with van der Waals surface area (Å²) in [6.45, 7) is 4.48. The van der Waals surface area contributed by atoms with Gasteiger partial charge in [-0.1, -0.05) is 13.8 Å². The zero-order valence-electron chi connectivity index (χ0n) is 8.62. The fraction of sp³-hybridized carbons (Fsp3) is 0.636. The molecule has 1 unspecified atom stereocenters. The van der Waals surface area contributed by atoms with Crippen LogP contribution in [0.3, 0.4) is 0 Å². The number of ketones is 1. The molecule has 1 aliphatic carbocycles. The molecule has 0 spiro atoms. The molecule has 1 aromatic heterocycles. The van der Waals surface area contributed by atoms with Crippen LogP contribution >= 0.6 is 11.3 Å². The first kappa shape index (κ1) is 9.84. The lowest BCUT2D eigenvalue weighted by Gasteiger charge is -2.36. The van der Waals surface area contributed by atoms with Gasteiger partial charge < -0.3 is 0 Å². The molecule has 2 nitrogen and oxygen atoms in total. The fourth-order valence-electron chi connectivity index (χ4n) is 2.14. The van der Waals surface area contributed by atoms with Crippen LogP contribution in [0.1, 0.15) is 44.7 Å². The molecule has 0 bridgehead atoms. The van der Waals surface area contributed by atoms with Crippen LogP contribution in [-0.2, 0) is 4.79 Å². The molecule has 0 radical (unpaired) electrons. The summed E-state index contributed by atoms with van der Waals surface area (Å²) in [5.41, 5.74) is 3.18. The predicted octanol–water partition coefficient (Wildman–Crippen LogP) is 3.01. The molecular formula is C11H15NOS. The van der Waals surface area contributed by atoms with Crippen molar-refractivity contribution in [1.82, 2.24) is 4.98 Å². The van der Waals surface area contributed by atoms with Crippen molar-refractivity contribution in [3.8, 4) is 0 Å². The fourth-order valence-corrected chi connectivity index (χ4v) is 2.75. The Balaban J connectivity index is 2.27. The third-order valence-electron chi connectivity index (χ3n) is 3.23. The van der Waals surface area contributed by atoms with Crippen LogP contribution in [0.4, 0.5) is 0 Å². The Kier molecular flexibility index (Phi) is 2.43. The number of Topliss-reactive ketones (excluding diaryl/α,β-unsaturated/α-hetero) is 1. The molecule has 0 amide bonds. The average molecular weight is 209 g/mol. The average Bonchev–Trinajstić information content (AvgIpc) is 2.62. The minimum absolute atomic E-state index is 0.224. The summed E-state index contributed by atoms with van der Waals surface area (Å²) in [5, 5.41) is 2.07. The summed E-state index contributed by atoms with van der Waals surface area (Å²) < 4.78 is 0. The van der Waals surface area contributed by atoms with Gasteiger partial charge in [0.15, 0.2) is 0 Å². The van der Waals surface area contributed by atoms with E-state index in [1.807, 2.05) is 5.51 Å². The van der Waals surface area contributed by atoms with Crippen LogP contribution in [0.5, 0.6) is 0 Å². The van der Waals surface area contributed by atoms with E-state index >= 15 is 0 Å². The van der Waals surface area contributed by atoms with Gasteiger partial charge in [-0.05, 0) is 11.8 Å². The molecular weight excluding hydrogens is 194 g/mol. The van der Waals surface area contributed by atoms with Gasteiger partial charge in [0.1, 0.15) is 5.78 Å². The standard InChI is InChI=1S/C11H15NOS/c1-11(2)4-3-8(13)5-9(11)10-6-14-7-12-10/h6-7,9H,3-5H2,1-2H3. The molecule has 0 aliphatic heterocycles. The smallest absolute Gasteiger partial charge is 0.133 e. The number of hydrogen-bond acceptors (Lipinski definition) is 3. The van der Waals surface area contributed by atoms with Crippen molar-refractivity contribution < 1.29 is 4.79 Å². The zero-order valence-corrected chi connectivity index (χ0v) is 9.43. The van der Waals surface area contributed by atoms with Gasteiger partial charge in [-0.2, -0.15) is 0 Å². The lowest BCUT2D eigenvalue weighted by Crippen LogP contribution is -2.30. The lowest BCUT2D eigenvalue weighted by atomic mass is 9.67. The summed E-state index contributed by atoms with van der Waals surface area (Å²) in [4.78, 5) is 15.8. The Hall–Kier alpha value is -0.700. The SMILES string of the molecule is CC1(C)CCC(=O)CC1c1cscn1. The summed E-state index contributed by atoms with van der Waals surface area (Å²) in [5.74, 6) is 0.720. The van der Waals surface area contributed by atoms with E-state index in [0.29, 0.717) is 18.1 Å². The first-order valence-corrected chi connectivity index (χ1v) is 5.94. The van der Waals surface area contributed by atoms with E-state index in [4.69, 9.17) is 0 Å². The Labute approximate surface area is 88.4 Å². The maximum absolute atomic E-state index is 11.4. The van der Waals surface area contributed by atoms with Gasteiger partial charge in [0.2, 0.25) is 0 Å². The second kappa shape index (κ2) is 3.46. The van der Waals surface area contributed by atoms with Gasteiger partial charge in [-0.25, -0.2) is 4.98 Å². The molecule has 1 aliphatic rings. The van der Waals surface area contributed by atoms with E-state index in [9.17, 15) is 4.79 Å². The minimum Gasteiger partial charge on any atom is -0.300 e. The number of carbonyl (C=O) groups excluding carboxylic acids is 1. The number of hydrogen-bond donors (Lipinski definition) is 0. The van der Waals surface area contributed by atoms with E-state index in [2.05, 4.69) is 24.2 Å². The van der Waals surface area contributed by atoms with Gasteiger partial charge in [0.25, 0.3) is 0 Å².